The van der Waals surface area contributed by atoms with Crippen molar-refractivity contribution < 1.29 is 9.59 Å². The van der Waals surface area contributed by atoms with Crippen LogP contribution in [-0.2, 0) is 9.59 Å². The summed E-state index contributed by atoms with van der Waals surface area (Å²) in [6.45, 7) is 16.3. The summed E-state index contributed by atoms with van der Waals surface area (Å²) in [6.07, 6.45) is 2.53. The van der Waals surface area contributed by atoms with E-state index in [1.165, 1.54) is 0 Å². The molecule has 114 valence electrons. The van der Waals surface area contributed by atoms with Crippen molar-refractivity contribution in [3.63, 3.8) is 0 Å². The summed E-state index contributed by atoms with van der Waals surface area (Å²) in [4.78, 5) is 22.0. The van der Waals surface area contributed by atoms with Gasteiger partial charge in [0, 0.05) is 24.7 Å². The molecule has 2 heteroatoms. The van der Waals surface area contributed by atoms with Gasteiger partial charge in [0.15, 0.2) is 0 Å². The van der Waals surface area contributed by atoms with Crippen molar-refractivity contribution >= 4 is 11.6 Å². The maximum atomic E-state index is 11.0. The first-order valence-electron chi connectivity index (χ1n) is 7.63. The minimum absolute atomic E-state index is 0.215. The van der Waals surface area contributed by atoms with Crippen molar-refractivity contribution in [3.05, 3.63) is 0 Å². The summed E-state index contributed by atoms with van der Waals surface area (Å²) in [7, 11) is 0. The number of carbonyl (C=O) groups is 2. The Morgan fingerprint density at radius 3 is 1.32 bits per heavy atom. The standard InChI is InChI=1S/C9H18O.C8H16O/c1-7(2)5-6-9(10)8(3)4;1-6(2)5-8(9)7(3)4/h7-8H,5-6H2,1-4H3;6-7H,5H2,1-4H3. The molecule has 0 radical (unpaired) electrons. The Morgan fingerprint density at radius 1 is 0.684 bits per heavy atom. The van der Waals surface area contributed by atoms with Gasteiger partial charge in [-0.25, -0.2) is 0 Å². The molecule has 0 aromatic carbocycles. The third-order valence-electron chi connectivity index (χ3n) is 2.87. The van der Waals surface area contributed by atoms with Crippen molar-refractivity contribution in [1.82, 2.24) is 0 Å². The van der Waals surface area contributed by atoms with Crippen molar-refractivity contribution in [2.75, 3.05) is 0 Å². The van der Waals surface area contributed by atoms with Gasteiger partial charge >= 0.3 is 0 Å². The number of carbonyl (C=O) groups excluding carboxylic acids is 2. The first-order valence-corrected chi connectivity index (χ1v) is 7.63. The summed E-state index contributed by atoms with van der Waals surface area (Å²) in [5.41, 5.74) is 0. The van der Waals surface area contributed by atoms with Crippen LogP contribution in [0.15, 0.2) is 0 Å². The average molecular weight is 270 g/mol. The van der Waals surface area contributed by atoms with E-state index in [0.717, 1.165) is 19.3 Å². The maximum Gasteiger partial charge on any atom is 0.135 e. The van der Waals surface area contributed by atoms with Crippen LogP contribution in [0.4, 0.5) is 0 Å². The van der Waals surface area contributed by atoms with Gasteiger partial charge in [0.05, 0.1) is 0 Å². The van der Waals surface area contributed by atoms with Crippen molar-refractivity contribution in [3.8, 4) is 0 Å². The van der Waals surface area contributed by atoms with Gasteiger partial charge in [0.2, 0.25) is 0 Å². The zero-order chi connectivity index (χ0) is 15.6. The normalized spacial score (nSPS) is 10.9. The summed E-state index contributed by atoms with van der Waals surface area (Å²) in [5, 5.41) is 0. The summed E-state index contributed by atoms with van der Waals surface area (Å²) < 4.78 is 0. The average Bonchev–Trinajstić information content (AvgIpc) is 2.25. The molecule has 0 aromatic heterocycles. The van der Waals surface area contributed by atoms with E-state index in [4.69, 9.17) is 0 Å². The lowest BCUT2D eigenvalue weighted by atomic mass is 9.99. The molecule has 0 saturated heterocycles. The first kappa shape index (κ1) is 20.7. The molecule has 0 spiro atoms. The lowest BCUT2D eigenvalue weighted by molar-refractivity contribution is -0.123. The number of Topliss-reactive ketones (excluding diaryl/α,β-unsaturated/α-hetero) is 2. The molecule has 0 bridgehead atoms. The monoisotopic (exact) mass is 270 g/mol. The molecule has 0 N–H and O–H groups in total. The van der Waals surface area contributed by atoms with Gasteiger partial charge in [-0.15, -0.1) is 0 Å². The van der Waals surface area contributed by atoms with Gasteiger partial charge in [-0.3, -0.25) is 9.59 Å². The molecule has 2 nitrogen and oxygen atoms in total. The Labute approximate surface area is 120 Å². The Morgan fingerprint density at radius 2 is 1.11 bits per heavy atom. The van der Waals surface area contributed by atoms with Crippen LogP contribution in [0.2, 0.25) is 0 Å². The number of hydrogen-bond donors (Lipinski definition) is 0. The minimum Gasteiger partial charge on any atom is -0.299 e. The molecule has 0 heterocycles. The fourth-order valence-electron chi connectivity index (χ4n) is 1.36. The van der Waals surface area contributed by atoms with E-state index in [0.29, 0.717) is 23.4 Å². The lowest BCUT2D eigenvalue weighted by Crippen LogP contribution is -2.09. The largest absolute Gasteiger partial charge is 0.299 e. The quantitative estimate of drug-likeness (QED) is 0.659. The van der Waals surface area contributed by atoms with E-state index in [1.807, 2.05) is 27.7 Å². The van der Waals surface area contributed by atoms with Crippen LogP contribution in [0.25, 0.3) is 0 Å². The van der Waals surface area contributed by atoms with Crippen LogP contribution in [0.5, 0.6) is 0 Å². The molecule has 19 heavy (non-hydrogen) atoms. The highest BCUT2D eigenvalue weighted by atomic mass is 16.1. The van der Waals surface area contributed by atoms with E-state index < -0.39 is 0 Å². The van der Waals surface area contributed by atoms with Crippen molar-refractivity contribution in [2.24, 2.45) is 23.7 Å². The number of rotatable bonds is 7. The van der Waals surface area contributed by atoms with Crippen LogP contribution >= 0.6 is 0 Å². The number of hydrogen-bond acceptors (Lipinski definition) is 2. The van der Waals surface area contributed by atoms with Crippen LogP contribution in [0.1, 0.15) is 74.7 Å². The molecule has 0 rings (SSSR count). The molecule has 0 aliphatic rings. The maximum absolute atomic E-state index is 11.0. The molecule has 0 aliphatic carbocycles. The van der Waals surface area contributed by atoms with Gasteiger partial charge in [0.1, 0.15) is 11.6 Å². The molecule has 0 amide bonds. The summed E-state index contributed by atoms with van der Waals surface area (Å²) in [6, 6.07) is 0. The van der Waals surface area contributed by atoms with Crippen molar-refractivity contribution in [1.29, 1.82) is 0 Å². The first-order chi connectivity index (χ1) is 8.57. The van der Waals surface area contributed by atoms with E-state index in [2.05, 4.69) is 27.7 Å². The van der Waals surface area contributed by atoms with Gasteiger partial charge < -0.3 is 0 Å². The molecule has 0 aromatic rings. The fraction of sp³-hybridized carbons (Fsp3) is 0.882. The molecular weight excluding hydrogens is 236 g/mol. The Kier molecular flexibility index (Phi) is 12.2. The second-order valence-electron chi connectivity index (χ2n) is 6.77. The van der Waals surface area contributed by atoms with Gasteiger partial charge in [-0.1, -0.05) is 55.4 Å². The highest BCUT2D eigenvalue weighted by molar-refractivity contribution is 5.80. The third-order valence-corrected chi connectivity index (χ3v) is 2.87. The van der Waals surface area contributed by atoms with Gasteiger partial charge in [0.25, 0.3) is 0 Å². The molecule has 0 fully saturated rings. The predicted molar refractivity (Wildman–Crippen MR) is 83.2 cm³/mol. The lowest BCUT2D eigenvalue weighted by Gasteiger charge is -2.05. The van der Waals surface area contributed by atoms with E-state index in [1.54, 1.807) is 0 Å². The SMILES string of the molecule is CC(C)CC(=O)C(C)C.CC(C)CCC(=O)C(C)C. The zero-order valence-corrected chi connectivity index (χ0v) is 14.2. The minimum atomic E-state index is 0.215. The van der Waals surface area contributed by atoms with Crippen LogP contribution in [-0.4, -0.2) is 11.6 Å². The summed E-state index contributed by atoms with van der Waals surface area (Å²) in [5.74, 6) is 2.38. The van der Waals surface area contributed by atoms with Gasteiger partial charge in [-0.2, -0.15) is 0 Å². The van der Waals surface area contributed by atoms with Crippen LogP contribution < -0.4 is 0 Å². The van der Waals surface area contributed by atoms with E-state index >= 15 is 0 Å². The second-order valence-corrected chi connectivity index (χ2v) is 6.77. The van der Waals surface area contributed by atoms with Crippen LogP contribution in [0.3, 0.4) is 0 Å². The Hall–Kier alpha value is -0.660. The van der Waals surface area contributed by atoms with Gasteiger partial charge in [-0.05, 0) is 18.3 Å². The Balaban J connectivity index is 0. The smallest absolute Gasteiger partial charge is 0.135 e. The summed E-state index contributed by atoms with van der Waals surface area (Å²) >= 11 is 0. The molecule has 0 atom stereocenters. The molecule has 0 unspecified atom stereocenters. The van der Waals surface area contributed by atoms with Crippen LogP contribution in [0, 0.1) is 23.7 Å². The zero-order valence-electron chi connectivity index (χ0n) is 14.2. The predicted octanol–water partition coefficient (Wildman–Crippen LogP) is 4.91. The second kappa shape index (κ2) is 11.2. The third kappa shape index (κ3) is 15.3. The van der Waals surface area contributed by atoms with E-state index in [-0.39, 0.29) is 11.8 Å². The Bertz CT molecular complexity index is 250. The fourth-order valence-corrected chi connectivity index (χ4v) is 1.36. The molecule has 0 saturated carbocycles. The highest BCUT2D eigenvalue weighted by Crippen LogP contribution is 2.08. The highest BCUT2D eigenvalue weighted by Gasteiger charge is 2.08. The molecule has 0 aliphatic heterocycles. The number of ketones is 2. The van der Waals surface area contributed by atoms with Crippen molar-refractivity contribution in [2.45, 2.75) is 74.7 Å². The molecular formula is C17H34O2. The van der Waals surface area contributed by atoms with E-state index in [9.17, 15) is 9.59 Å². The topological polar surface area (TPSA) is 34.1 Å².